The molecule has 0 heterocycles. The highest BCUT2D eigenvalue weighted by molar-refractivity contribution is 6.31. The van der Waals surface area contributed by atoms with Gasteiger partial charge in [0.2, 0.25) is 0 Å². The van der Waals surface area contributed by atoms with E-state index in [1.54, 1.807) is 0 Å². The molecule has 0 aliphatic heterocycles. The van der Waals surface area contributed by atoms with Gasteiger partial charge in [0.05, 0.1) is 0 Å². The summed E-state index contributed by atoms with van der Waals surface area (Å²) < 4.78 is 0. The molecule has 1 aromatic rings. The Morgan fingerprint density at radius 2 is 1.44 bits per heavy atom. The second kappa shape index (κ2) is 9.44. The van der Waals surface area contributed by atoms with Crippen molar-refractivity contribution in [1.29, 1.82) is 0 Å². The molecular weight excluding hydrogens is 240 g/mol. The van der Waals surface area contributed by atoms with Crippen LogP contribution in [0.2, 0.25) is 5.02 Å². The van der Waals surface area contributed by atoms with Gasteiger partial charge in [-0.1, -0.05) is 82.2 Å². The minimum absolute atomic E-state index is 0.664. The van der Waals surface area contributed by atoms with Crippen LogP contribution in [-0.4, -0.2) is 0 Å². The molecule has 0 aliphatic carbocycles. The third-order valence-corrected chi connectivity index (χ3v) is 4.00. The number of halogens is 1. The monoisotopic (exact) mass is 266 g/mol. The maximum absolute atomic E-state index is 6.34. The van der Waals surface area contributed by atoms with E-state index in [-0.39, 0.29) is 0 Å². The van der Waals surface area contributed by atoms with Gasteiger partial charge in [-0.2, -0.15) is 0 Å². The van der Waals surface area contributed by atoms with Crippen molar-refractivity contribution in [2.75, 3.05) is 0 Å². The zero-order chi connectivity index (χ0) is 13.2. The van der Waals surface area contributed by atoms with Crippen LogP contribution in [0.15, 0.2) is 24.3 Å². The van der Waals surface area contributed by atoms with Crippen LogP contribution in [0, 0.1) is 0 Å². The molecule has 0 saturated heterocycles. The molecule has 0 saturated carbocycles. The molecule has 0 atom stereocenters. The molecule has 1 aromatic carbocycles. The summed E-state index contributed by atoms with van der Waals surface area (Å²) in [6.07, 6.45) is 10.5. The largest absolute Gasteiger partial charge is 0.0840 e. The van der Waals surface area contributed by atoms with Gasteiger partial charge < -0.3 is 0 Å². The van der Waals surface area contributed by atoms with Gasteiger partial charge in [-0.3, -0.25) is 0 Å². The minimum Gasteiger partial charge on any atom is -0.0840 e. The van der Waals surface area contributed by atoms with E-state index in [1.165, 1.54) is 56.9 Å². The second-order valence-electron chi connectivity index (χ2n) is 5.21. The number of hydrogen-bond donors (Lipinski definition) is 0. The van der Waals surface area contributed by atoms with E-state index >= 15 is 0 Å². The van der Waals surface area contributed by atoms with Crippen LogP contribution < -0.4 is 0 Å². The summed E-state index contributed by atoms with van der Waals surface area (Å²) >= 11 is 6.34. The van der Waals surface area contributed by atoms with Gasteiger partial charge in [0.15, 0.2) is 0 Å². The molecule has 0 radical (unpaired) electrons. The Bertz CT molecular complexity index is 309. The highest BCUT2D eigenvalue weighted by atomic mass is 35.5. The van der Waals surface area contributed by atoms with Crippen LogP contribution >= 0.6 is 11.6 Å². The van der Waals surface area contributed by atoms with E-state index in [2.05, 4.69) is 26.0 Å². The molecule has 0 fully saturated rings. The molecule has 18 heavy (non-hydrogen) atoms. The predicted octanol–water partition coefficient (Wildman–Crippen LogP) is 6.58. The number of hydrogen-bond acceptors (Lipinski definition) is 0. The molecule has 102 valence electrons. The minimum atomic E-state index is 0.664. The van der Waals surface area contributed by atoms with Gasteiger partial charge >= 0.3 is 0 Å². The maximum atomic E-state index is 6.34. The van der Waals surface area contributed by atoms with Gasteiger partial charge in [-0.15, -0.1) is 0 Å². The quantitative estimate of drug-likeness (QED) is 0.443. The zero-order valence-electron chi connectivity index (χ0n) is 11.9. The first kappa shape index (κ1) is 15.6. The first-order valence-corrected chi connectivity index (χ1v) is 7.91. The fourth-order valence-corrected chi connectivity index (χ4v) is 2.83. The average molecular weight is 267 g/mol. The number of benzene rings is 1. The van der Waals surface area contributed by atoms with E-state index in [4.69, 9.17) is 11.6 Å². The standard InChI is InChI=1S/C17H27Cl/c1-3-5-7-11-15(12-8-6-4-2)16-13-9-10-14-17(16)18/h9-10,13-15H,3-8,11-12H2,1-2H3. The fraction of sp³-hybridized carbons (Fsp3) is 0.647. The molecule has 0 N–H and O–H groups in total. The van der Waals surface area contributed by atoms with E-state index in [0.717, 1.165) is 5.02 Å². The smallest absolute Gasteiger partial charge is 0.0440 e. The number of unbranched alkanes of at least 4 members (excludes halogenated alkanes) is 4. The molecule has 0 bridgehead atoms. The molecular formula is C17H27Cl. The second-order valence-corrected chi connectivity index (χ2v) is 5.62. The lowest BCUT2D eigenvalue weighted by molar-refractivity contribution is 0.507. The number of rotatable bonds is 9. The lowest BCUT2D eigenvalue weighted by Gasteiger charge is -2.18. The molecule has 1 heteroatoms. The lowest BCUT2D eigenvalue weighted by atomic mass is 9.88. The van der Waals surface area contributed by atoms with Gasteiger partial charge in [0, 0.05) is 5.02 Å². The lowest BCUT2D eigenvalue weighted by Crippen LogP contribution is -2.00. The Kier molecular flexibility index (Phi) is 8.17. The van der Waals surface area contributed by atoms with Crippen molar-refractivity contribution in [3.8, 4) is 0 Å². The van der Waals surface area contributed by atoms with E-state index in [9.17, 15) is 0 Å². The van der Waals surface area contributed by atoms with Crippen LogP contribution in [0.25, 0.3) is 0 Å². The SMILES string of the molecule is CCCCCC(CCCCC)c1ccccc1Cl. The summed E-state index contributed by atoms with van der Waals surface area (Å²) in [4.78, 5) is 0. The Labute approximate surface area is 118 Å². The van der Waals surface area contributed by atoms with Crippen molar-refractivity contribution in [2.45, 2.75) is 71.1 Å². The molecule has 1 rings (SSSR count). The highest BCUT2D eigenvalue weighted by Crippen LogP contribution is 2.32. The zero-order valence-corrected chi connectivity index (χ0v) is 12.7. The third-order valence-electron chi connectivity index (χ3n) is 3.66. The van der Waals surface area contributed by atoms with Crippen LogP contribution in [0.3, 0.4) is 0 Å². The Morgan fingerprint density at radius 1 is 0.889 bits per heavy atom. The molecule has 0 unspecified atom stereocenters. The summed E-state index contributed by atoms with van der Waals surface area (Å²) in [6, 6.07) is 8.39. The molecule has 0 aromatic heterocycles. The van der Waals surface area contributed by atoms with Gasteiger partial charge in [-0.05, 0) is 30.4 Å². The Morgan fingerprint density at radius 3 is 1.94 bits per heavy atom. The Hall–Kier alpha value is -0.490. The van der Waals surface area contributed by atoms with Crippen molar-refractivity contribution in [2.24, 2.45) is 0 Å². The van der Waals surface area contributed by atoms with Crippen LogP contribution in [-0.2, 0) is 0 Å². The molecule has 0 amide bonds. The maximum Gasteiger partial charge on any atom is 0.0440 e. The molecule has 0 nitrogen and oxygen atoms in total. The van der Waals surface area contributed by atoms with Crippen molar-refractivity contribution in [3.05, 3.63) is 34.9 Å². The van der Waals surface area contributed by atoms with Gasteiger partial charge in [0.1, 0.15) is 0 Å². The van der Waals surface area contributed by atoms with Crippen molar-refractivity contribution >= 4 is 11.6 Å². The summed E-state index contributed by atoms with van der Waals surface area (Å²) in [6.45, 7) is 4.53. The molecule has 0 spiro atoms. The summed E-state index contributed by atoms with van der Waals surface area (Å²) in [5.74, 6) is 0.664. The topological polar surface area (TPSA) is 0 Å². The van der Waals surface area contributed by atoms with Gasteiger partial charge in [0.25, 0.3) is 0 Å². The van der Waals surface area contributed by atoms with Crippen LogP contribution in [0.1, 0.15) is 76.7 Å². The molecule has 0 aliphatic rings. The van der Waals surface area contributed by atoms with Crippen LogP contribution in [0.5, 0.6) is 0 Å². The average Bonchev–Trinajstić information content (AvgIpc) is 2.38. The van der Waals surface area contributed by atoms with E-state index in [0.29, 0.717) is 5.92 Å². The highest BCUT2D eigenvalue weighted by Gasteiger charge is 2.13. The normalized spacial score (nSPS) is 11.1. The van der Waals surface area contributed by atoms with E-state index in [1.807, 2.05) is 12.1 Å². The Balaban J connectivity index is 2.60. The van der Waals surface area contributed by atoms with E-state index < -0.39 is 0 Å². The summed E-state index contributed by atoms with van der Waals surface area (Å²) in [5.41, 5.74) is 1.37. The van der Waals surface area contributed by atoms with Crippen molar-refractivity contribution in [3.63, 3.8) is 0 Å². The predicted molar refractivity (Wildman–Crippen MR) is 82.5 cm³/mol. The summed E-state index contributed by atoms with van der Waals surface area (Å²) in [7, 11) is 0. The summed E-state index contributed by atoms with van der Waals surface area (Å²) in [5, 5.41) is 0.954. The van der Waals surface area contributed by atoms with Crippen molar-refractivity contribution in [1.82, 2.24) is 0 Å². The first-order chi connectivity index (χ1) is 8.79. The fourth-order valence-electron chi connectivity index (χ4n) is 2.54. The third kappa shape index (κ3) is 5.44. The van der Waals surface area contributed by atoms with Crippen LogP contribution in [0.4, 0.5) is 0 Å². The van der Waals surface area contributed by atoms with Crippen molar-refractivity contribution < 1.29 is 0 Å². The van der Waals surface area contributed by atoms with Gasteiger partial charge in [-0.25, -0.2) is 0 Å². The first-order valence-electron chi connectivity index (χ1n) is 7.54.